The van der Waals surface area contributed by atoms with Crippen molar-refractivity contribution in [2.24, 2.45) is 0 Å². The number of pyridine rings is 1. The molecule has 0 atom stereocenters. The van der Waals surface area contributed by atoms with Gasteiger partial charge in [-0.25, -0.2) is 0 Å². The SMILES string of the molecule is COc1ccc(-c2c(C)c3ccccn3c2/C=C/c2ccc(/C=C/C3=C(C#N)C(=C(C#N)C#N)OC3(C)C)o2)cc1. The van der Waals surface area contributed by atoms with Gasteiger partial charge in [0.1, 0.15) is 46.7 Å². The molecule has 4 aromatic rings. The van der Waals surface area contributed by atoms with Gasteiger partial charge in [0.2, 0.25) is 0 Å². The number of aryl methyl sites for hydroxylation is 1. The summed E-state index contributed by atoms with van der Waals surface area (Å²) < 4.78 is 19.4. The number of hydrogen-bond donors (Lipinski definition) is 0. The van der Waals surface area contributed by atoms with Gasteiger partial charge in [0, 0.05) is 22.9 Å². The molecule has 7 nitrogen and oxygen atoms in total. The van der Waals surface area contributed by atoms with Crippen molar-refractivity contribution >= 4 is 23.7 Å². The Morgan fingerprint density at radius 1 is 0.902 bits per heavy atom. The molecule has 1 aromatic carbocycles. The van der Waals surface area contributed by atoms with Gasteiger partial charge >= 0.3 is 0 Å². The van der Waals surface area contributed by atoms with Gasteiger partial charge < -0.3 is 18.3 Å². The quantitative estimate of drug-likeness (QED) is 0.234. The number of furan rings is 1. The van der Waals surface area contributed by atoms with Gasteiger partial charge in [-0.15, -0.1) is 0 Å². The number of rotatable bonds is 6. The molecule has 1 aliphatic heterocycles. The number of aromatic nitrogens is 1. The van der Waals surface area contributed by atoms with E-state index in [9.17, 15) is 15.8 Å². The largest absolute Gasteiger partial charge is 0.497 e. The van der Waals surface area contributed by atoms with E-state index in [4.69, 9.17) is 13.9 Å². The van der Waals surface area contributed by atoms with Crippen LogP contribution in [0.2, 0.25) is 0 Å². The number of hydrogen-bond acceptors (Lipinski definition) is 6. The molecule has 3 aromatic heterocycles. The Morgan fingerprint density at radius 3 is 2.22 bits per heavy atom. The van der Waals surface area contributed by atoms with Gasteiger partial charge in [-0.3, -0.25) is 0 Å². The Balaban J connectivity index is 1.49. The molecule has 0 unspecified atom stereocenters. The lowest BCUT2D eigenvalue weighted by Gasteiger charge is -2.20. The van der Waals surface area contributed by atoms with E-state index in [-0.39, 0.29) is 16.9 Å². The molecule has 0 saturated carbocycles. The first-order chi connectivity index (χ1) is 19.8. The zero-order valence-corrected chi connectivity index (χ0v) is 23.1. The van der Waals surface area contributed by atoms with E-state index < -0.39 is 5.60 Å². The molecule has 4 heterocycles. The maximum absolute atomic E-state index is 9.75. The summed E-state index contributed by atoms with van der Waals surface area (Å²) in [6.45, 7) is 5.69. The predicted octanol–water partition coefficient (Wildman–Crippen LogP) is 7.63. The second-order valence-electron chi connectivity index (χ2n) is 9.92. The number of benzene rings is 1. The molecule has 0 amide bonds. The van der Waals surface area contributed by atoms with Gasteiger partial charge in [0.15, 0.2) is 11.3 Å². The van der Waals surface area contributed by atoms with Crippen LogP contribution in [0.15, 0.2) is 93.8 Å². The molecule has 7 heteroatoms. The van der Waals surface area contributed by atoms with Crippen molar-refractivity contribution in [3.05, 3.63) is 112 Å². The maximum Gasteiger partial charge on any atom is 0.172 e. The number of nitrogens with zero attached hydrogens (tertiary/aromatic N) is 4. The Bertz CT molecular complexity index is 1890. The molecule has 0 bridgehead atoms. The molecule has 0 N–H and O–H groups in total. The normalized spacial score (nSPS) is 14.3. The van der Waals surface area contributed by atoms with Gasteiger partial charge in [0.25, 0.3) is 0 Å². The van der Waals surface area contributed by atoms with E-state index in [2.05, 4.69) is 35.6 Å². The summed E-state index contributed by atoms with van der Waals surface area (Å²) in [5.41, 5.74) is 5.13. The third kappa shape index (κ3) is 4.91. The van der Waals surface area contributed by atoms with Crippen LogP contribution in [0.25, 0.3) is 34.9 Å². The average molecular weight is 539 g/mol. The van der Waals surface area contributed by atoms with Crippen LogP contribution in [0, 0.1) is 40.9 Å². The Kier molecular flexibility index (Phi) is 7.09. The fourth-order valence-electron chi connectivity index (χ4n) is 5.04. The molecule has 200 valence electrons. The van der Waals surface area contributed by atoms with Crippen LogP contribution < -0.4 is 4.74 Å². The van der Waals surface area contributed by atoms with Crippen LogP contribution in [0.1, 0.15) is 36.6 Å². The lowest BCUT2D eigenvalue weighted by atomic mass is 9.94. The summed E-state index contributed by atoms with van der Waals surface area (Å²) in [5, 5.41) is 28.3. The minimum Gasteiger partial charge on any atom is -0.497 e. The fourth-order valence-corrected chi connectivity index (χ4v) is 5.04. The van der Waals surface area contributed by atoms with Crippen molar-refractivity contribution in [2.45, 2.75) is 26.4 Å². The lowest BCUT2D eigenvalue weighted by molar-refractivity contribution is 0.0954. The van der Waals surface area contributed by atoms with E-state index in [1.165, 1.54) is 5.56 Å². The highest BCUT2D eigenvalue weighted by Crippen LogP contribution is 2.40. The van der Waals surface area contributed by atoms with Crippen molar-refractivity contribution in [3.8, 4) is 35.1 Å². The average Bonchev–Trinajstić information content (AvgIpc) is 3.63. The molecule has 0 spiro atoms. The summed E-state index contributed by atoms with van der Waals surface area (Å²) in [4.78, 5) is 0. The number of allylic oxidation sites excluding steroid dienone is 2. The molecule has 0 aliphatic carbocycles. The van der Waals surface area contributed by atoms with E-state index >= 15 is 0 Å². The molecule has 41 heavy (non-hydrogen) atoms. The number of ether oxygens (including phenoxy) is 2. The first kappa shape index (κ1) is 26.9. The van der Waals surface area contributed by atoms with E-state index in [0.29, 0.717) is 17.1 Å². The van der Waals surface area contributed by atoms with E-state index in [1.54, 1.807) is 45.2 Å². The van der Waals surface area contributed by atoms with Gasteiger partial charge in [-0.05, 0) is 92.6 Å². The minimum atomic E-state index is -0.892. The van der Waals surface area contributed by atoms with Crippen molar-refractivity contribution in [1.29, 1.82) is 15.8 Å². The Hall–Kier alpha value is -5.71. The molecule has 0 radical (unpaired) electrons. The standard InChI is InChI=1S/C34H26N4O3/c1-22-30-7-5-6-18-38(30)31(32(22)23-8-10-25(39-4)11-9-23)17-15-27-13-12-26(40-27)14-16-29-28(21-37)33(24(19-35)20-36)41-34(29,2)3/h5-18H,1-4H3/b16-14+,17-15+. The first-order valence-corrected chi connectivity index (χ1v) is 12.9. The highest BCUT2D eigenvalue weighted by Gasteiger charge is 2.38. The second kappa shape index (κ2) is 10.8. The Morgan fingerprint density at radius 2 is 1.59 bits per heavy atom. The van der Waals surface area contributed by atoms with Crippen LogP contribution in [-0.2, 0) is 4.74 Å². The van der Waals surface area contributed by atoms with Gasteiger partial charge in [-0.2, -0.15) is 15.8 Å². The third-order valence-corrected chi connectivity index (χ3v) is 7.05. The van der Waals surface area contributed by atoms with Crippen molar-refractivity contribution in [2.75, 3.05) is 7.11 Å². The van der Waals surface area contributed by atoms with Gasteiger partial charge in [-0.1, -0.05) is 18.2 Å². The van der Waals surface area contributed by atoms with Crippen LogP contribution in [0.3, 0.4) is 0 Å². The maximum atomic E-state index is 9.75. The highest BCUT2D eigenvalue weighted by molar-refractivity contribution is 5.87. The number of nitriles is 3. The van der Waals surface area contributed by atoms with Crippen LogP contribution in [0.4, 0.5) is 0 Å². The number of fused-ring (bicyclic) bond motifs is 1. The summed E-state index contributed by atoms with van der Waals surface area (Å²) >= 11 is 0. The second-order valence-corrected chi connectivity index (χ2v) is 9.92. The summed E-state index contributed by atoms with van der Waals surface area (Å²) in [7, 11) is 1.66. The molecular formula is C34H26N4O3. The van der Waals surface area contributed by atoms with Crippen LogP contribution in [0.5, 0.6) is 5.75 Å². The third-order valence-electron chi connectivity index (χ3n) is 7.05. The minimum absolute atomic E-state index is 0.00704. The zero-order valence-electron chi connectivity index (χ0n) is 23.1. The predicted molar refractivity (Wildman–Crippen MR) is 157 cm³/mol. The van der Waals surface area contributed by atoms with Crippen LogP contribution in [-0.4, -0.2) is 17.1 Å². The summed E-state index contributed by atoms with van der Waals surface area (Å²) in [6.07, 6.45) is 9.49. The molecule has 1 aliphatic rings. The zero-order chi connectivity index (χ0) is 29.1. The monoisotopic (exact) mass is 538 g/mol. The summed E-state index contributed by atoms with van der Waals surface area (Å²) in [5.74, 6) is 2.04. The molecule has 0 saturated heterocycles. The lowest BCUT2D eigenvalue weighted by Crippen LogP contribution is -2.20. The topological polar surface area (TPSA) is 107 Å². The van der Waals surface area contributed by atoms with Crippen molar-refractivity contribution < 1.29 is 13.9 Å². The number of methoxy groups -OCH3 is 1. The Labute approximate surface area is 238 Å². The smallest absolute Gasteiger partial charge is 0.172 e. The molecular weight excluding hydrogens is 512 g/mol. The summed E-state index contributed by atoms with van der Waals surface area (Å²) in [6, 6.07) is 23.6. The highest BCUT2D eigenvalue weighted by atomic mass is 16.5. The van der Waals surface area contributed by atoms with E-state index in [0.717, 1.165) is 28.1 Å². The fraction of sp³-hybridized carbons (Fsp3) is 0.147. The van der Waals surface area contributed by atoms with Crippen LogP contribution >= 0.6 is 0 Å². The molecule has 0 fully saturated rings. The van der Waals surface area contributed by atoms with Gasteiger partial charge in [0.05, 0.1) is 12.8 Å². The molecule has 5 rings (SSSR count). The van der Waals surface area contributed by atoms with E-state index in [1.807, 2.05) is 54.7 Å². The van der Waals surface area contributed by atoms with Crippen molar-refractivity contribution in [1.82, 2.24) is 4.40 Å². The first-order valence-electron chi connectivity index (χ1n) is 12.9. The van der Waals surface area contributed by atoms with Crippen molar-refractivity contribution in [3.63, 3.8) is 0 Å².